The summed E-state index contributed by atoms with van der Waals surface area (Å²) < 4.78 is 5.41. The average molecular weight is 380 g/mol. The number of amides is 1. The van der Waals surface area contributed by atoms with Gasteiger partial charge in [-0.15, -0.1) is 0 Å². The summed E-state index contributed by atoms with van der Waals surface area (Å²) >= 11 is 12.2. The zero-order valence-corrected chi connectivity index (χ0v) is 16.1. The molecule has 2 aromatic rings. The molecule has 0 aliphatic carbocycles. The van der Waals surface area contributed by atoms with Crippen molar-refractivity contribution in [2.75, 3.05) is 13.7 Å². The lowest BCUT2D eigenvalue weighted by Crippen LogP contribution is -2.32. The van der Waals surface area contributed by atoms with Crippen molar-refractivity contribution in [3.63, 3.8) is 0 Å². The van der Waals surface area contributed by atoms with Crippen molar-refractivity contribution < 1.29 is 9.53 Å². The minimum Gasteiger partial charge on any atom is -0.496 e. The van der Waals surface area contributed by atoms with E-state index in [0.29, 0.717) is 36.0 Å². The van der Waals surface area contributed by atoms with Crippen LogP contribution in [0.5, 0.6) is 5.75 Å². The van der Waals surface area contributed by atoms with Gasteiger partial charge in [-0.05, 0) is 36.6 Å². The summed E-state index contributed by atoms with van der Waals surface area (Å²) in [6, 6.07) is 13.2. The van der Waals surface area contributed by atoms with Gasteiger partial charge in [0.25, 0.3) is 0 Å². The summed E-state index contributed by atoms with van der Waals surface area (Å²) in [6.45, 7) is 3.13. The van der Waals surface area contributed by atoms with E-state index in [-0.39, 0.29) is 5.91 Å². The summed E-state index contributed by atoms with van der Waals surface area (Å²) in [5.74, 6) is 0.930. The van der Waals surface area contributed by atoms with E-state index in [0.717, 1.165) is 23.3 Å². The highest BCUT2D eigenvalue weighted by atomic mass is 35.5. The highest BCUT2D eigenvalue weighted by molar-refractivity contribution is 6.35. The van der Waals surface area contributed by atoms with Crippen molar-refractivity contribution in [3.8, 4) is 5.75 Å². The lowest BCUT2D eigenvalue weighted by atomic mass is 10.1. The van der Waals surface area contributed by atoms with Crippen molar-refractivity contribution in [1.29, 1.82) is 0 Å². The van der Waals surface area contributed by atoms with Gasteiger partial charge in [-0.3, -0.25) is 4.79 Å². The number of methoxy groups -OCH3 is 1. The van der Waals surface area contributed by atoms with E-state index >= 15 is 0 Å². The topological polar surface area (TPSA) is 29.5 Å². The van der Waals surface area contributed by atoms with Crippen LogP contribution < -0.4 is 4.74 Å². The van der Waals surface area contributed by atoms with Gasteiger partial charge >= 0.3 is 0 Å². The quantitative estimate of drug-likeness (QED) is 0.616. The normalized spacial score (nSPS) is 10.6. The highest BCUT2D eigenvalue weighted by Crippen LogP contribution is 2.23. The molecule has 0 bridgehead atoms. The van der Waals surface area contributed by atoms with Crippen LogP contribution in [0.15, 0.2) is 42.5 Å². The van der Waals surface area contributed by atoms with E-state index in [1.54, 1.807) is 13.2 Å². The predicted octanol–water partition coefficient (Wildman–Crippen LogP) is 5.37. The van der Waals surface area contributed by atoms with E-state index in [1.165, 1.54) is 0 Å². The Labute approximate surface area is 159 Å². The van der Waals surface area contributed by atoms with Crippen LogP contribution in [0.2, 0.25) is 10.0 Å². The molecule has 1 amide bonds. The summed E-state index contributed by atoms with van der Waals surface area (Å²) in [7, 11) is 1.64. The van der Waals surface area contributed by atoms with Crippen molar-refractivity contribution in [1.82, 2.24) is 4.90 Å². The van der Waals surface area contributed by atoms with Gasteiger partial charge in [0.15, 0.2) is 0 Å². The van der Waals surface area contributed by atoms with Crippen molar-refractivity contribution in [2.45, 2.75) is 32.7 Å². The van der Waals surface area contributed by atoms with Crippen LogP contribution in [0, 0.1) is 0 Å². The van der Waals surface area contributed by atoms with E-state index < -0.39 is 0 Å². The maximum Gasteiger partial charge on any atom is 0.222 e. The second kappa shape index (κ2) is 9.69. The monoisotopic (exact) mass is 379 g/mol. The van der Waals surface area contributed by atoms with Crippen LogP contribution in [-0.2, 0) is 17.8 Å². The molecule has 0 fully saturated rings. The number of rotatable bonds is 8. The van der Waals surface area contributed by atoms with Crippen molar-refractivity contribution in [2.24, 2.45) is 0 Å². The number of halogens is 2. The maximum atomic E-state index is 12.5. The van der Waals surface area contributed by atoms with Gasteiger partial charge in [0.1, 0.15) is 5.75 Å². The minimum absolute atomic E-state index is 0.137. The highest BCUT2D eigenvalue weighted by Gasteiger charge is 2.16. The molecule has 134 valence electrons. The van der Waals surface area contributed by atoms with Crippen LogP contribution in [0.1, 0.15) is 30.9 Å². The number of nitrogens with zero attached hydrogens (tertiary/aromatic N) is 1. The summed E-state index contributed by atoms with van der Waals surface area (Å²) in [5.41, 5.74) is 1.98. The zero-order chi connectivity index (χ0) is 18.2. The third kappa shape index (κ3) is 5.65. The fourth-order valence-corrected chi connectivity index (χ4v) is 3.19. The second-order valence-corrected chi connectivity index (χ2v) is 6.71. The molecule has 0 radical (unpaired) electrons. The number of hydrogen-bond donors (Lipinski definition) is 0. The lowest BCUT2D eigenvalue weighted by molar-refractivity contribution is -0.131. The summed E-state index contributed by atoms with van der Waals surface area (Å²) in [6.07, 6.45) is 2.03. The van der Waals surface area contributed by atoms with Gasteiger partial charge in [0.05, 0.1) is 7.11 Å². The van der Waals surface area contributed by atoms with Gasteiger partial charge in [0, 0.05) is 35.1 Å². The van der Waals surface area contributed by atoms with E-state index in [9.17, 15) is 4.79 Å². The minimum atomic E-state index is 0.137. The molecule has 0 heterocycles. The molecule has 25 heavy (non-hydrogen) atoms. The molecule has 0 spiro atoms. The van der Waals surface area contributed by atoms with Gasteiger partial charge in [-0.1, -0.05) is 54.4 Å². The van der Waals surface area contributed by atoms with Gasteiger partial charge in [-0.2, -0.15) is 0 Å². The van der Waals surface area contributed by atoms with E-state index in [2.05, 4.69) is 0 Å². The largest absolute Gasteiger partial charge is 0.496 e. The SMILES string of the molecule is CCCC(=O)N(CCc1ccc(Cl)cc1Cl)Cc1ccccc1OC. The van der Waals surface area contributed by atoms with Crippen LogP contribution in [0.3, 0.4) is 0 Å². The molecule has 2 aromatic carbocycles. The first-order chi connectivity index (χ1) is 12.0. The first kappa shape index (κ1) is 19.6. The molecule has 0 N–H and O–H groups in total. The smallest absolute Gasteiger partial charge is 0.222 e. The lowest BCUT2D eigenvalue weighted by Gasteiger charge is -2.24. The van der Waals surface area contributed by atoms with E-state index in [4.69, 9.17) is 27.9 Å². The summed E-state index contributed by atoms with van der Waals surface area (Å²) in [5, 5.41) is 1.24. The fraction of sp³-hybridized carbons (Fsp3) is 0.350. The fourth-order valence-electron chi connectivity index (χ4n) is 2.68. The first-order valence-electron chi connectivity index (χ1n) is 8.38. The number of para-hydroxylation sites is 1. The molecule has 5 heteroatoms. The van der Waals surface area contributed by atoms with Crippen LogP contribution in [0.25, 0.3) is 0 Å². The molecule has 3 nitrogen and oxygen atoms in total. The molecule has 0 saturated carbocycles. The predicted molar refractivity (Wildman–Crippen MR) is 103 cm³/mol. The molecule has 0 aliphatic rings. The maximum absolute atomic E-state index is 12.5. The summed E-state index contributed by atoms with van der Waals surface area (Å²) in [4.78, 5) is 14.4. The van der Waals surface area contributed by atoms with Crippen molar-refractivity contribution in [3.05, 3.63) is 63.6 Å². The number of hydrogen-bond acceptors (Lipinski definition) is 2. The number of benzene rings is 2. The standard InChI is InChI=1S/C20H23Cl2NO2/c1-3-6-20(24)23(14-16-7-4-5-8-19(16)25-2)12-11-15-9-10-17(21)13-18(15)22/h4-5,7-10,13H,3,6,11-12,14H2,1-2H3. The second-order valence-electron chi connectivity index (χ2n) is 5.86. The van der Waals surface area contributed by atoms with Crippen LogP contribution in [0.4, 0.5) is 0 Å². The molecule has 2 rings (SSSR count). The Hall–Kier alpha value is -1.71. The van der Waals surface area contributed by atoms with Gasteiger partial charge in [0.2, 0.25) is 5.91 Å². The zero-order valence-electron chi connectivity index (χ0n) is 14.6. The Bertz CT molecular complexity index is 719. The van der Waals surface area contributed by atoms with Crippen LogP contribution in [-0.4, -0.2) is 24.5 Å². The Balaban J connectivity index is 2.14. The van der Waals surface area contributed by atoms with Gasteiger partial charge < -0.3 is 9.64 Å². The molecule has 0 aliphatic heterocycles. The van der Waals surface area contributed by atoms with Gasteiger partial charge in [-0.25, -0.2) is 0 Å². The Morgan fingerprint density at radius 2 is 1.88 bits per heavy atom. The number of carbonyl (C=O) groups is 1. The van der Waals surface area contributed by atoms with Crippen molar-refractivity contribution >= 4 is 29.1 Å². The molecular weight excluding hydrogens is 357 g/mol. The molecular formula is C20H23Cl2NO2. The molecule has 0 atom stereocenters. The van der Waals surface area contributed by atoms with Crippen LogP contribution >= 0.6 is 23.2 Å². The molecule has 0 unspecified atom stereocenters. The number of carbonyl (C=O) groups excluding carboxylic acids is 1. The number of ether oxygens (including phenoxy) is 1. The Morgan fingerprint density at radius 1 is 1.12 bits per heavy atom. The third-order valence-corrected chi connectivity index (χ3v) is 4.62. The first-order valence-corrected chi connectivity index (χ1v) is 9.14. The Morgan fingerprint density at radius 3 is 2.56 bits per heavy atom. The third-order valence-electron chi connectivity index (χ3n) is 4.04. The Kier molecular flexibility index (Phi) is 7.60. The molecule has 0 aromatic heterocycles. The molecule has 0 saturated heterocycles. The van der Waals surface area contributed by atoms with E-state index in [1.807, 2.05) is 48.2 Å². The average Bonchev–Trinajstić information content (AvgIpc) is 2.60.